The van der Waals surface area contributed by atoms with Crippen molar-refractivity contribution < 1.29 is 18.3 Å². The zero-order valence-electron chi connectivity index (χ0n) is 9.74. The Labute approximate surface area is 109 Å². The van der Waals surface area contributed by atoms with Crippen molar-refractivity contribution in [3.8, 4) is 0 Å². The number of carbonyl (C=O) groups is 1. The van der Waals surface area contributed by atoms with Crippen LogP contribution >= 0.6 is 11.3 Å². The smallest absolute Gasteiger partial charge is 0.269 e. The fourth-order valence-corrected chi connectivity index (χ4v) is 4.56. The number of hydrazine groups is 1. The molecule has 0 aliphatic carbocycles. The number of nitrogens with zero attached hydrogens (tertiary/aromatic N) is 1. The molecule has 2 N–H and O–H groups in total. The summed E-state index contributed by atoms with van der Waals surface area (Å²) in [6.07, 6.45) is 0.253. The second-order valence-corrected chi connectivity index (χ2v) is 7.06. The highest BCUT2D eigenvalue weighted by atomic mass is 32.2. The Morgan fingerprint density at radius 2 is 2.28 bits per heavy atom. The van der Waals surface area contributed by atoms with Crippen LogP contribution in [0.5, 0.6) is 0 Å². The first-order valence-corrected chi connectivity index (χ1v) is 7.79. The molecule has 0 radical (unpaired) electrons. The number of sulfonamides is 1. The van der Waals surface area contributed by atoms with Gasteiger partial charge in [0.1, 0.15) is 4.21 Å². The fraction of sp³-hybridized carbons (Fsp3) is 0.500. The van der Waals surface area contributed by atoms with Gasteiger partial charge in [-0.25, -0.2) is 8.42 Å². The lowest BCUT2D eigenvalue weighted by Gasteiger charge is -2.20. The number of amides is 1. The number of carbonyl (C=O) groups excluding carboxylic acids is 1. The third kappa shape index (κ3) is 2.16. The molecule has 2 heterocycles. The van der Waals surface area contributed by atoms with Gasteiger partial charge in [-0.05, 0) is 24.8 Å². The minimum Gasteiger partial charge on any atom is -0.396 e. The molecule has 1 saturated heterocycles. The first-order valence-electron chi connectivity index (χ1n) is 5.47. The number of thiophene rings is 1. The molecule has 18 heavy (non-hydrogen) atoms. The van der Waals surface area contributed by atoms with Gasteiger partial charge in [0.05, 0.1) is 12.0 Å². The van der Waals surface area contributed by atoms with Gasteiger partial charge < -0.3 is 5.11 Å². The molecule has 0 saturated carbocycles. The predicted molar refractivity (Wildman–Crippen MR) is 66.1 cm³/mol. The van der Waals surface area contributed by atoms with Gasteiger partial charge in [-0.15, -0.1) is 15.8 Å². The van der Waals surface area contributed by atoms with Crippen LogP contribution in [-0.2, 0) is 14.8 Å². The monoisotopic (exact) mass is 290 g/mol. The lowest BCUT2D eigenvalue weighted by molar-refractivity contribution is -0.123. The van der Waals surface area contributed by atoms with Crippen LogP contribution in [0.25, 0.3) is 0 Å². The van der Waals surface area contributed by atoms with E-state index in [1.54, 1.807) is 18.4 Å². The van der Waals surface area contributed by atoms with Crippen LogP contribution in [-0.4, -0.2) is 36.5 Å². The highest BCUT2D eigenvalue weighted by Gasteiger charge is 2.44. The molecule has 1 aliphatic rings. The SMILES string of the molecule is CC1C(CCO)C(=O)NN1S(=O)(=O)c1cccs1. The molecule has 0 aromatic carbocycles. The van der Waals surface area contributed by atoms with Gasteiger partial charge in [0.2, 0.25) is 5.91 Å². The summed E-state index contributed by atoms with van der Waals surface area (Å²) in [7, 11) is -3.69. The fourth-order valence-electron chi connectivity index (χ4n) is 1.97. The molecule has 1 amide bonds. The van der Waals surface area contributed by atoms with Crippen LogP contribution < -0.4 is 5.43 Å². The summed E-state index contributed by atoms with van der Waals surface area (Å²) >= 11 is 1.10. The van der Waals surface area contributed by atoms with Gasteiger partial charge in [-0.2, -0.15) is 0 Å². The van der Waals surface area contributed by atoms with E-state index in [4.69, 9.17) is 5.11 Å². The third-order valence-corrected chi connectivity index (χ3v) is 6.13. The number of aliphatic hydroxyl groups is 1. The average Bonchev–Trinajstić information content (AvgIpc) is 2.93. The number of hydrogen-bond donors (Lipinski definition) is 2. The maximum Gasteiger partial charge on any atom is 0.269 e. The van der Waals surface area contributed by atoms with Gasteiger partial charge in [0.25, 0.3) is 10.0 Å². The summed E-state index contributed by atoms with van der Waals surface area (Å²) in [5.41, 5.74) is 2.37. The summed E-state index contributed by atoms with van der Waals surface area (Å²) in [5.74, 6) is -0.874. The maximum atomic E-state index is 12.3. The molecular formula is C10H14N2O4S2. The summed E-state index contributed by atoms with van der Waals surface area (Å²) < 4.78 is 25.7. The molecular weight excluding hydrogens is 276 g/mol. The number of aliphatic hydroxyl groups excluding tert-OH is 1. The molecule has 2 unspecified atom stereocenters. The largest absolute Gasteiger partial charge is 0.396 e. The molecule has 6 nitrogen and oxygen atoms in total. The zero-order valence-corrected chi connectivity index (χ0v) is 11.4. The topological polar surface area (TPSA) is 86.7 Å². The highest BCUT2D eigenvalue weighted by Crippen LogP contribution is 2.28. The first kappa shape index (κ1) is 13.5. The van der Waals surface area contributed by atoms with Crippen molar-refractivity contribution in [1.29, 1.82) is 0 Å². The molecule has 2 rings (SSSR count). The third-order valence-electron chi connectivity index (χ3n) is 2.96. The van der Waals surface area contributed by atoms with Gasteiger partial charge in [-0.3, -0.25) is 10.2 Å². The molecule has 1 aromatic heterocycles. The van der Waals surface area contributed by atoms with E-state index in [2.05, 4.69) is 5.43 Å². The normalized spacial score (nSPS) is 25.3. The van der Waals surface area contributed by atoms with E-state index in [1.807, 2.05) is 0 Å². The van der Waals surface area contributed by atoms with E-state index >= 15 is 0 Å². The second kappa shape index (κ2) is 4.96. The van der Waals surface area contributed by atoms with Crippen molar-refractivity contribution in [1.82, 2.24) is 9.84 Å². The predicted octanol–water partition coefficient (Wildman–Crippen LogP) is 0.171. The Kier molecular flexibility index (Phi) is 3.71. The lowest BCUT2D eigenvalue weighted by Crippen LogP contribution is -2.42. The van der Waals surface area contributed by atoms with Gasteiger partial charge in [0.15, 0.2) is 0 Å². The number of hydrogen-bond acceptors (Lipinski definition) is 5. The molecule has 100 valence electrons. The molecule has 2 atom stereocenters. The maximum absolute atomic E-state index is 12.3. The van der Waals surface area contributed by atoms with E-state index in [-0.39, 0.29) is 23.1 Å². The Hall–Kier alpha value is -0.960. The van der Waals surface area contributed by atoms with E-state index in [0.29, 0.717) is 0 Å². The summed E-state index contributed by atoms with van der Waals surface area (Å²) in [4.78, 5) is 11.7. The number of nitrogens with one attached hydrogen (secondary N) is 1. The van der Waals surface area contributed by atoms with Crippen LogP contribution in [0, 0.1) is 5.92 Å². The van der Waals surface area contributed by atoms with Crippen LogP contribution in [0.4, 0.5) is 0 Å². The van der Waals surface area contributed by atoms with E-state index in [9.17, 15) is 13.2 Å². The van der Waals surface area contributed by atoms with Crippen molar-refractivity contribution in [2.45, 2.75) is 23.6 Å². The molecule has 0 bridgehead atoms. The Morgan fingerprint density at radius 1 is 1.56 bits per heavy atom. The first-order chi connectivity index (χ1) is 8.48. The van der Waals surface area contributed by atoms with E-state index in [0.717, 1.165) is 15.8 Å². The minimum atomic E-state index is -3.69. The van der Waals surface area contributed by atoms with Crippen molar-refractivity contribution in [3.63, 3.8) is 0 Å². The quantitative estimate of drug-likeness (QED) is 0.827. The molecule has 1 aliphatic heterocycles. The standard InChI is InChI=1S/C10H14N2O4S2/c1-7-8(4-5-13)10(14)11-12(7)18(15,16)9-3-2-6-17-9/h2-3,6-8,13H,4-5H2,1H3,(H,11,14). The lowest BCUT2D eigenvalue weighted by atomic mass is 10.00. The van der Waals surface area contributed by atoms with Crippen molar-refractivity contribution in [2.75, 3.05) is 6.61 Å². The minimum absolute atomic E-state index is 0.144. The molecule has 0 spiro atoms. The highest BCUT2D eigenvalue weighted by molar-refractivity contribution is 7.91. The van der Waals surface area contributed by atoms with Gasteiger partial charge in [0, 0.05) is 6.61 Å². The summed E-state index contributed by atoms with van der Waals surface area (Å²) in [5, 5.41) is 10.6. The Bertz CT molecular complexity index is 526. The molecule has 8 heteroatoms. The van der Waals surface area contributed by atoms with Gasteiger partial charge in [-0.1, -0.05) is 6.07 Å². The van der Waals surface area contributed by atoms with Crippen LogP contribution in [0.15, 0.2) is 21.7 Å². The van der Waals surface area contributed by atoms with Crippen LogP contribution in [0.3, 0.4) is 0 Å². The molecule has 1 fully saturated rings. The average molecular weight is 290 g/mol. The number of rotatable bonds is 4. The van der Waals surface area contributed by atoms with Gasteiger partial charge >= 0.3 is 0 Å². The van der Waals surface area contributed by atoms with E-state index in [1.165, 1.54) is 6.07 Å². The summed E-state index contributed by atoms with van der Waals surface area (Å²) in [6, 6.07) is 2.64. The van der Waals surface area contributed by atoms with Crippen molar-refractivity contribution >= 4 is 27.3 Å². The molecule has 1 aromatic rings. The summed E-state index contributed by atoms with van der Waals surface area (Å²) in [6.45, 7) is 1.51. The van der Waals surface area contributed by atoms with E-state index < -0.39 is 22.0 Å². The second-order valence-electron chi connectivity index (χ2n) is 4.07. The van der Waals surface area contributed by atoms with Crippen molar-refractivity contribution in [3.05, 3.63) is 17.5 Å². The van der Waals surface area contributed by atoms with Crippen LogP contribution in [0.1, 0.15) is 13.3 Å². The Morgan fingerprint density at radius 3 is 2.83 bits per heavy atom. The van der Waals surface area contributed by atoms with Crippen LogP contribution in [0.2, 0.25) is 0 Å². The van der Waals surface area contributed by atoms with Crippen molar-refractivity contribution in [2.24, 2.45) is 5.92 Å². The zero-order chi connectivity index (χ0) is 13.3. The Balaban J connectivity index is 2.28.